The number of nitrogens with one attached hydrogen (secondary N) is 1. The number of ether oxygens (including phenoxy) is 2. The van der Waals surface area contributed by atoms with Gasteiger partial charge in [-0.2, -0.15) is 0 Å². The van der Waals surface area contributed by atoms with E-state index < -0.39 is 0 Å². The highest BCUT2D eigenvalue weighted by Crippen LogP contribution is 2.28. The standard InChI is InChI=1S/C24H23N3O4S2/c1-15-6-4-5-7-18(15)27-23(29)22-17(10-11-32-22)26-24(27)33-14-21(28)25-13-16-8-9-19(30-2)20(12-16)31-3/h4-12H,13-14H2,1-3H3,(H,25,28). The van der Waals surface area contributed by atoms with Crippen molar-refractivity contribution in [2.24, 2.45) is 0 Å². The van der Waals surface area contributed by atoms with Crippen LogP contribution in [0.25, 0.3) is 15.9 Å². The molecule has 0 saturated carbocycles. The lowest BCUT2D eigenvalue weighted by molar-refractivity contribution is -0.118. The van der Waals surface area contributed by atoms with Gasteiger partial charge in [0.1, 0.15) is 4.70 Å². The van der Waals surface area contributed by atoms with Crippen molar-refractivity contribution in [1.82, 2.24) is 14.9 Å². The molecule has 0 radical (unpaired) electrons. The number of thioether (sulfide) groups is 1. The summed E-state index contributed by atoms with van der Waals surface area (Å²) in [5, 5.41) is 5.25. The van der Waals surface area contributed by atoms with Crippen LogP contribution >= 0.6 is 23.1 Å². The summed E-state index contributed by atoms with van der Waals surface area (Å²) in [4.78, 5) is 30.5. The van der Waals surface area contributed by atoms with Crippen LogP contribution in [-0.2, 0) is 11.3 Å². The number of nitrogens with zero attached hydrogens (tertiary/aromatic N) is 2. The van der Waals surface area contributed by atoms with Gasteiger partial charge in [-0.25, -0.2) is 4.98 Å². The molecule has 7 nitrogen and oxygen atoms in total. The molecule has 0 unspecified atom stereocenters. The Hall–Kier alpha value is -3.30. The molecule has 170 valence electrons. The average Bonchev–Trinajstić information content (AvgIpc) is 3.31. The largest absolute Gasteiger partial charge is 0.493 e. The van der Waals surface area contributed by atoms with E-state index in [0.29, 0.717) is 33.4 Å². The zero-order valence-corrected chi connectivity index (χ0v) is 20.1. The van der Waals surface area contributed by atoms with Gasteiger partial charge in [0, 0.05) is 6.54 Å². The Kier molecular flexibility index (Phi) is 7.00. The Balaban J connectivity index is 1.52. The summed E-state index contributed by atoms with van der Waals surface area (Å²) in [6, 6.07) is 15.0. The van der Waals surface area contributed by atoms with E-state index in [1.807, 2.05) is 54.8 Å². The fourth-order valence-corrected chi connectivity index (χ4v) is 4.98. The maximum atomic E-state index is 13.2. The Morgan fingerprint density at radius 2 is 1.91 bits per heavy atom. The van der Waals surface area contributed by atoms with Gasteiger partial charge in [0.15, 0.2) is 16.7 Å². The smallest absolute Gasteiger partial charge is 0.276 e. The highest BCUT2D eigenvalue weighted by atomic mass is 32.2. The zero-order valence-electron chi connectivity index (χ0n) is 18.5. The van der Waals surface area contributed by atoms with E-state index in [-0.39, 0.29) is 17.2 Å². The fraction of sp³-hybridized carbons (Fsp3) is 0.208. The number of amides is 1. The van der Waals surface area contributed by atoms with E-state index in [0.717, 1.165) is 16.8 Å². The first-order valence-electron chi connectivity index (χ1n) is 10.2. The van der Waals surface area contributed by atoms with Crippen LogP contribution in [0, 0.1) is 6.92 Å². The topological polar surface area (TPSA) is 82.5 Å². The number of aryl methyl sites for hydroxylation is 1. The summed E-state index contributed by atoms with van der Waals surface area (Å²) < 4.78 is 12.8. The molecule has 0 aliphatic carbocycles. The molecule has 2 aromatic heterocycles. The molecule has 0 atom stereocenters. The summed E-state index contributed by atoms with van der Waals surface area (Å²) in [5.41, 5.74) is 3.12. The fourth-order valence-electron chi connectivity index (χ4n) is 3.39. The summed E-state index contributed by atoms with van der Waals surface area (Å²) >= 11 is 2.61. The van der Waals surface area contributed by atoms with Crippen molar-refractivity contribution in [2.75, 3.05) is 20.0 Å². The van der Waals surface area contributed by atoms with E-state index >= 15 is 0 Å². The van der Waals surface area contributed by atoms with Gasteiger partial charge in [-0.05, 0) is 47.7 Å². The van der Waals surface area contributed by atoms with E-state index in [4.69, 9.17) is 9.47 Å². The number of carbonyl (C=O) groups is 1. The first-order chi connectivity index (χ1) is 16.0. The van der Waals surface area contributed by atoms with Crippen LogP contribution in [0.15, 0.2) is 63.9 Å². The first kappa shape index (κ1) is 22.9. The Bertz CT molecular complexity index is 1360. The second-order valence-corrected chi connectivity index (χ2v) is 9.07. The summed E-state index contributed by atoms with van der Waals surface area (Å²) in [7, 11) is 3.15. The van der Waals surface area contributed by atoms with Crippen molar-refractivity contribution in [3.8, 4) is 17.2 Å². The maximum absolute atomic E-state index is 13.2. The van der Waals surface area contributed by atoms with Gasteiger partial charge in [0.05, 0.1) is 31.2 Å². The monoisotopic (exact) mass is 481 g/mol. The number of para-hydroxylation sites is 1. The van der Waals surface area contributed by atoms with Crippen LogP contribution in [0.2, 0.25) is 0 Å². The third kappa shape index (κ3) is 4.89. The maximum Gasteiger partial charge on any atom is 0.276 e. The third-order valence-electron chi connectivity index (χ3n) is 5.08. The Labute approximate surface area is 199 Å². The van der Waals surface area contributed by atoms with Crippen molar-refractivity contribution < 1.29 is 14.3 Å². The SMILES string of the molecule is COc1ccc(CNC(=O)CSc2nc3ccsc3c(=O)n2-c2ccccc2C)cc1OC. The van der Waals surface area contributed by atoms with Crippen LogP contribution < -0.4 is 20.3 Å². The number of rotatable bonds is 8. The lowest BCUT2D eigenvalue weighted by Crippen LogP contribution is -2.26. The van der Waals surface area contributed by atoms with Crippen LogP contribution in [-0.4, -0.2) is 35.4 Å². The van der Waals surface area contributed by atoms with E-state index in [2.05, 4.69) is 10.3 Å². The van der Waals surface area contributed by atoms with Gasteiger partial charge < -0.3 is 14.8 Å². The average molecular weight is 482 g/mol. The Morgan fingerprint density at radius 3 is 2.67 bits per heavy atom. The van der Waals surface area contributed by atoms with Crippen molar-refractivity contribution in [3.05, 3.63) is 75.4 Å². The molecule has 0 aliphatic heterocycles. The number of carbonyl (C=O) groups excluding carboxylic acids is 1. The molecule has 0 aliphatic rings. The summed E-state index contributed by atoms with van der Waals surface area (Å²) in [5.74, 6) is 1.20. The van der Waals surface area contributed by atoms with Crippen LogP contribution in [0.1, 0.15) is 11.1 Å². The molecule has 9 heteroatoms. The van der Waals surface area contributed by atoms with Gasteiger partial charge in [-0.1, -0.05) is 36.0 Å². The van der Waals surface area contributed by atoms with Crippen LogP contribution in [0.4, 0.5) is 0 Å². The lowest BCUT2D eigenvalue weighted by atomic mass is 10.2. The molecular formula is C24H23N3O4S2. The second kappa shape index (κ2) is 10.1. The highest BCUT2D eigenvalue weighted by molar-refractivity contribution is 7.99. The quantitative estimate of drug-likeness (QED) is 0.300. The molecule has 4 aromatic rings. The summed E-state index contributed by atoms with van der Waals surface area (Å²) in [6.45, 7) is 2.30. The van der Waals surface area contributed by atoms with Crippen molar-refractivity contribution >= 4 is 39.2 Å². The molecule has 1 N–H and O–H groups in total. The van der Waals surface area contributed by atoms with Gasteiger partial charge in [0.2, 0.25) is 5.91 Å². The lowest BCUT2D eigenvalue weighted by Gasteiger charge is -2.14. The van der Waals surface area contributed by atoms with E-state index in [9.17, 15) is 9.59 Å². The van der Waals surface area contributed by atoms with Gasteiger partial charge in [-0.15, -0.1) is 11.3 Å². The molecule has 0 fully saturated rings. The molecular weight excluding hydrogens is 458 g/mol. The highest BCUT2D eigenvalue weighted by Gasteiger charge is 2.17. The predicted octanol–water partition coefficient (Wildman–Crippen LogP) is 4.18. The van der Waals surface area contributed by atoms with Crippen molar-refractivity contribution in [2.45, 2.75) is 18.6 Å². The number of methoxy groups -OCH3 is 2. The van der Waals surface area contributed by atoms with E-state index in [1.165, 1.54) is 23.1 Å². The number of hydrogen-bond donors (Lipinski definition) is 1. The normalized spacial score (nSPS) is 10.9. The summed E-state index contributed by atoms with van der Waals surface area (Å²) in [6.07, 6.45) is 0. The number of aromatic nitrogens is 2. The van der Waals surface area contributed by atoms with Gasteiger partial charge in [-0.3, -0.25) is 14.2 Å². The number of benzene rings is 2. The number of thiophene rings is 1. The van der Waals surface area contributed by atoms with Crippen LogP contribution in [0.3, 0.4) is 0 Å². The molecule has 1 amide bonds. The van der Waals surface area contributed by atoms with Crippen LogP contribution in [0.5, 0.6) is 11.5 Å². The van der Waals surface area contributed by atoms with E-state index in [1.54, 1.807) is 24.9 Å². The molecule has 0 spiro atoms. The molecule has 2 aromatic carbocycles. The number of fused-ring (bicyclic) bond motifs is 1. The molecule has 33 heavy (non-hydrogen) atoms. The minimum absolute atomic E-state index is 0.126. The predicted molar refractivity (Wildman–Crippen MR) is 132 cm³/mol. The second-order valence-electron chi connectivity index (χ2n) is 7.21. The van der Waals surface area contributed by atoms with Crippen molar-refractivity contribution in [3.63, 3.8) is 0 Å². The third-order valence-corrected chi connectivity index (χ3v) is 6.91. The number of hydrogen-bond acceptors (Lipinski definition) is 7. The molecule has 2 heterocycles. The molecule has 0 bridgehead atoms. The first-order valence-corrected chi connectivity index (χ1v) is 12.0. The van der Waals surface area contributed by atoms with Crippen molar-refractivity contribution in [1.29, 1.82) is 0 Å². The minimum Gasteiger partial charge on any atom is -0.493 e. The molecule has 4 rings (SSSR count). The zero-order chi connectivity index (χ0) is 23.4. The Morgan fingerprint density at radius 1 is 1.12 bits per heavy atom. The minimum atomic E-state index is -0.161. The van der Waals surface area contributed by atoms with Gasteiger partial charge in [0.25, 0.3) is 5.56 Å². The van der Waals surface area contributed by atoms with Gasteiger partial charge >= 0.3 is 0 Å². The molecule has 0 saturated heterocycles.